The smallest absolute Gasteiger partial charge is 0.212 e. The predicted molar refractivity (Wildman–Crippen MR) is 118 cm³/mol. The van der Waals surface area contributed by atoms with E-state index in [4.69, 9.17) is 4.84 Å². The van der Waals surface area contributed by atoms with Gasteiger partial charge in [-0.3, -0.25) is 4.79 Å². The fraction of sp³-hybridized carbons (Fsp3) is 0.200. The summed E-state index contributed by atoms with van der Waals surface area (Å²) in [5.41, 5.74) is 2.90. The molecule has 0 fully saturated rings. The van der Waals surface area contributed by atoms with Crippen LogP contribution in [0.1, 0.15) is 39.4 Å². The minimum Gasteiger partial charge on any atom is -0.379 e. The summed E-state index contributed by atoms with van der Waals surface area (Å²) in [7, 11) is -3.32. The lowest BCUT2D eigenvalue weighted by Gasteiger charge is -2.36. The number of hydrogen-bond donors (Lipinski definition) is 0. The van der Waals surface area contributed by atoms with Crippen LogP contribution in [0.25, 0.3) is 0 Å². The monoisotopic (exact) mass is 431 g/mol. The second-order valence-electron chi connectivity index (χ2n) is 8.08. The largest absolute Gasteiger partial charge is 0.379 e. The number of aryl methyl sites for hydroxylation is 1. The van der Waals surface area contributed by atoms with Gasteiger partial charge in [0.1, 0.15) is 0 Å². The molecule has 1 aliphatic carbocycles. The molecule has 1 heterocycles. The lowest BCUT2D eigenvalue weighted by atomic mass is 9.68. The van der Waals surface area contributed by atoms with E-state index in [2.05, 4.69) is 5.16 Å². The molecule has 1 spiro atoms. The van der Waals surface area contributed by atoms with E-state index in [1.54, 1.807) is 24.3 Å². The van der Waals surface area contributed by atoms with Gasteiger partial charge >= 0.3 is 0 Å². The lowest BCUT2D eigenvalue weighted by Crippen LogP contribution is -2.48. The van der Waals surface area contributed by atoms with E-state index >= 15 is 0 Å². The van der Waals surface area contributed by atoms with E-state index in [1.807, 2.05) is 54.6 Å². The first-order valence-electron chi connectivity index (χ1n) is 10.1. The van der Waals surface area contributed by atoms with Crippen molar-refractivity contribution in [3.05, 3.63) is 101 Å². The molecule has 0 amide bonds. The highest BCUT2D eigenvalue weighted by molar-refractivity contribution is 7.90. The quantitative estimate of drug-likeness (QED) is 0.624. The highest BCUT2D eigenvalue weighted by Gasteiger charge is 2.57. The molecule has 5 nitrogen and oxygen atoms in total. The molecule has 31 heavy (non-hydrogen) atoms. The molecule has 5 rings (SSSR count). The Morgan fingerprint density at radius 2 is 1.61 bits per heavy atom. The maximum Gasteiger partial charge on any atom is 0.212 e. The molecule has 2 atom stereocenters. The molecule has 2 unspecified atom stereocenters. The van der Waals surface area contributed by atoms with Gasteiger partial charge in [-0.15, -0.1) is 0 Å². The van der Waals surface area contributed by atoms with E-state index in [1.165, 1.54) is 6.26 Å². The number of benzene rings is 3. The second-order valence-corrected chi connectivity index (χ2v) is 10.1. The Hall–Kier alpha value is -3.25. The summed E-state index contributed by atoms with van der Waals surface area (Å²) in [5.74, 6) is -0.523. The van der Waals surface area contributed by atoms with Crippen LogP contribution in [0.4, 0.5) is 0 Å². The molecule has 0 N–H and O–H groups in total. The van der Waals surface area contributed by atoms with Crippen LogP contribution in [-0.4, -0.2) is 31.8 Å². The minimum absolute atomic E-state index is 0.0822. The minimum atomic E-state index is -3.32. The molecule has 0 saturated carbocycles. The van der Waals surface area contributed by atoms with E-state index in [9.17, 15) is 13.2 Å². The lowest BCUT2D eigenvalue weighted by molar-refractivity contribution is -0.0196. The zero-order valence-corrected chi connectivity index (χ0v) is 17.8. The molecule has 0 radical (unpaired) electrons. The summed E-state index contributed by atoms with van der Waals surface area (Å²) < 4.78 is 23.9. The maximum atomic E-state index is 13.7. The number of ketones is 1. The molecule has 6 heteroatoms. The van der Waals surface area contributed by atoms with Crippen LogP contribution in [0.2, 0.25) is 0 Å². The number of hydrogen-bond acceptors (Lipinski definition) is 5. The summed E-state index contributed by atoms with van der Waals surface area (Å²) in [6.45, 7) is 0. The van der Waals surface area contributed by atoms with Crippen molar-refractivity contribution in [3.63, 3.8) is 0 Å². The Bertz CT molecular complexity index is 1300. The average molecular weight is 432 g/mol. The van der Waals surface area contributed by atoms with Crippen molar-refractivity contribution in [2.24, 2.45) is 5.16 Å². The Labute approximate surface area is 181 Å². The van der Waals surface area contributed by atoms with Crippen LogP contribution >= 0.6 is 0 Å². The summed E-state index contributed by atoms with van der Waals surface area (Å²) in [5, 5.41) is 4.41. The zero-order valence-electron chi connectivity index (χ0n) is 17.0. The number of Topliss-reactive ketones (excluding diaryl/α,β-unsaturated/α-hetero) is 1. The number of rotatable bonds is 3. The summed E-state index contributed by atoms with van der Waals surface area (Å²) in [6.07, 6.45) is 2.39. The molecule has 0 aromatic heterocycles. The first kappa shape index (κ1) is 19.7. The van der Waals surface area contributed by atoms with Crippen molar-refractivity contribution >= 4 is 21.3 Å². The van der Waals surface area contributed by atoms with Crippen molar-refractivity contribution < 1.29 is 18.0 Å². The van der Waals surface area contributed by atoms with Crippen molar-refractivity contribution in [2.45, 2.75) is 29.3 Å². The Balaban J connectivity index is 1.65. The highest BCUT2D eigenvalue weighted by atomic mass is 32.2. The van der Waals surface area contributed by atoms with Gasteiger partial charge in [0, 0.05) is 23.8 Å². The Morgan fingerprint density at radius 3 is 2.32 bits per heavy atom. The van der Waals surface area contributed by atoms with Crippen LogP contribution in [-0.2, 0) is 21.1 Å². The van der Waals surface area contributed by atoms with E-state index in [0.29, 0.717) is 24.1 Å². The van der Waals surface area contributed by atoms with Crippen LogP contribution in [0, 0.1) is 0 Å². The van der Waals surface area contributed by atoms with Crippen LogP contribution in [0.3, 0.4) is 0 Å². The number of carbonyl (C=O) groups is 1. The Morgan fingerprint density at radius 1 is 0.935 bits per heavy atom. The summed E-state index contributed by atoms with van der Waals surface area (Å²) >= 11 is 0. The summed E-state index contributed by atoms with van der Waals surface area (Å²) in [6, 6.07) is 24.0. The number of carbonyl (C=O) groups excluding carboxylic acids is 1. The molecule has 0 saturated heterocycles. The zero-order chi connectivity index (χ0) is 21.6. The summed E-state index contributed by atoms with van der Waals surface area (Å²) in [4.78, 5) is 20.0. The SMILES string of the molecule is CS(=O)(=O)c1ccc(C2C(c3ccccc3)=NOC23CCc2ccccc2C3=O)cc1. The number of fused-ring (bicyclic) bond motifs is 1. The topological polar surface area (TPSA) is 72.8 Å². The molecular weight excluding hydrogens is 410 g/mol. The molecule has 3 aromatic rings. The molecule has 1 aliphatic heterocycles. The van der Waals surface area contributed by atoms with E-state index < -0.39 is 21.4 Å². The molecular formula is C25H21NO4S. The second kappa shape index (κ2) is 7.17. The van der Waals surface area contributed by atoms with Crippen LogP contribution < -0.4 is 0 Å². The van der Waals surface area contributed by atoms with Gasteiger partial charge in [-0.1, -0.05) is 71.9 Å². The molecule has 3 aromatic carbocycles. The van der Waals surface area contributed by atoms with Gasteiger partial charge in [-0.05, 0) is 29.7 Å². The Kier molecular flexibility index (Phi) is 4.55. The molecule has 0 bridgehead atoms. The van der Waals surface area contributed by atoms with Crippen molar-refractivity contribution in [3.8, 4) is 0 Å². The van der Waals surface area contributed by atoms with Gasteiger partial charge in [0.15, 0.2) is 9.84 Å². The predicted octanol–water partition coefficient (Wildman–Crippen LogP) is 4.18. The fourth-order valence-corrected chi connectivity index (χ4v) is 5.23. The van der Waals surface area contributed by atoms with E-state index in [-0.39, 0.29) is 10.7 Å². The third kappa shape index (κ3) is 3.18. The fourth-order valence-electron chi connectivity index (χ4n) is 4.60. The number of nitrogens with zero attached hydrogens (tertiary/aromatic N) is 1. The first-order chi connectivity index (χ1) is 14.9. The number of sulfone groups is 1. The average Bonchev–Trinajstić information content (AvgIpc) is 3.17. The van der Waals surface area contributed by atoms with Gasteiger partial charge in [-0.25, -0.2) is 8.42 Å². The van der Waals surface area contributed by atoms with Crippen molar-refractivity contribution in [1.82, 2.24) is 0 Å². The maximum absolute atomic E-state index is 13.7. The van der Waals surface area contributed by atoms with Gasteiger partial charge < -0.3 is 4.84 Å². The highest BCUT2D eigenvalue weighted by Crippen LogP contribution is 2.47. The van der Waals surface area contributed by atoms with Gasteiger partial charge in [0.25, 0.3) is 0 Å². The van der Waals surface area contributed by atoms with Crippen LogP contribution in [0.15, 0.2) is 88.9 Å². The third-order valence-corrected chi connectivity index (χ3v) is 7.30. The van der Waals surface area contributed by atoms with E-state index in [0.717, 1.165) is 16.7 Å². The molecule has 156 valence electrons. The van der Waals surface area contributed by atoms with Gasteiger partial charge in [0.2, 0.25) is 11.4 Å². The molecule has 2 aliphatic rings. The van der Waals surface area contributed by atoms with Crippen LogP contribution in [0.5, 0.6) is 0 Å². The third-order valence-electron chi connectivity index (χ3n) is 6.17. The van der Waals surface area contributed by atoms with Crippen molar-refractivity contribution in [2.75, 3.05) is 6.26 Å². The first-order valence-corrected chi connectivity index (χ1v) is 12.0. The number of oxime groups is 1. The van der Waals surface area contributed by atoms with Crippen molar-refractivity contribution in [1.29, 1.82) is 0 Å². The van der Waals surface area contributed by atoms with Gasteiger partial charge in [-0.2, -0.15) is 0 Å². The van der Waals surface area contributed by atoms with Gasteiger partial charge in [0.05, 0.1) is 16.5 Å². The standard InChI is InChI=1S/C25H21NO4S/c1-31(28,29)20-13-11-18(12-14-20)22-23(19-8-3-2-4-9-19)26-30-25(22)16-15-17-7-5-6-10-21(17)24(25)27/h2-14,22H,15-16H2,1H3. The normalized spacial score (nSPS) is 22.7.